The van der Waals surface area contributed by atoms with Crippen LogP contribution < -0.4 is 5.32 Å². The second-order valence-corrected chi connectivity index (χ2v) is 4.01. The van der Waals surface area contributed by atoms with E-state index in [2.05, 4.69) is 22.4 Å². The van der Waals surface area contributed by atoms with Crippen LogP contribution in [-0.2, 0) is 12.8 Å². The van der Waals surface area contributed by atoms with Gasteiger partial charge in [0.05, 0.1) is 0 Å². The number of pyridine rings is 1. The average Bonchev–Trinajstić information content (AvgIpc) is 2.71. The van der Waals surface area contributed by atoms with Crippen LogP contribution in [0.25, 0.3) is 0 Å². The van der Waals surface area contributed by atoms with E-state index in [-0.39, 0.29) is 6.61 Å². The molecular formula is C12H18N2O. The first kappa shape index (κ1) is 10.4. The smallest absolute Gasteiger partial charge is 0.126 e. The van der Waals surface area contributed by atoms with Gasteiger partial charge in [-0.25, -0.2) is 4.98 Å². The fourth-order valence-electron chi connectivity index (χ4n) is 1.97. The molecule has 3 nitrogen and oxygen atoms in total. The van der Waals surface area contributed by atoms with Gasteiger partial charge in [-0.05, 0) is 43.7 Å². The number of aliphatic hydroxyl groups excluding tert-OH is 1. The highest BCUT2D eigenvalue weighted by molar-refractivity contribution is 5.40. The summed E-state index contributed by atoms with van der Waals surface area (Å²) in [6, 6.07) is 4.24. The molecule has 1 heterocycles. The number of anilines is 1. The minimum Gasteiger partial charge on any atom is -0.396 e. The number of aliphatic hydroxyl groups is 1. The number of aromatic nitrogens is 1. The Bertz CT molecular complexity index is 325. The standard InChI is InChI=1S/C12H18N2O/c15-9-2-1-8-13-12-7-6-10-4-3-5-11(10)14-12/h6-7,15H,1-5,8-9H2,(H,13,14). The Kier molecular flexibility index (Phi) is 3.56. The monoisotopic (exact) mass is 206 g/mol. The Morgan fingerprint density at radius 2 is 2.20 bits per heavy atom. The van der Waals surface area contributed by atoms with Gasteiger partial charge in [0.25, 0.3) is 0 Å². The van der Waals surface area contributed by atoms with E-state index in [1.165, 1.54) is 24.1 Å². The molecule has 0 bridgehead atoms. The molecule has 2 N–H and O–H groups in total. The Morgan fingerprint density at radius 1 is 1.27 bits per heavy atom. The topological polar surface area (TPSA) is 45.1 Å². The highest BCUT2D eigenvalue weighted by Gasteiger charge is 2.11. The molecule has 1 aliphatic carbocycles. The van der Waals surface area contributed by atoms with Crippen molar-refractivity contribution in [3.05, 3.63) is 23.4 Å². The van der Waals surface area contributed by atoms with E-state index >= 15 is 0 Å². The molecule has 3 heteroatoms. The van der Waals surface area contributed by atoms with Gasteiger partial charge in [0.15, 0.2) is 0 Å². The van der Waals surface area contributed by atoms with Crippen LogP contribution in [0.3, 0.4) is 0 Å². The van der Waals surface area contributed by atoms with Crippen LogP contribution >= 0.6 is 0 Å². The van der Waals surface area contributed by atoms with Gasteiger partial charge in [0, 0.05) is 18.8 Å². The quantitative estimate of drug-likeness (QED) is 0.721. The molecule has 0 aliphatic heterocycles. The van der Waals surface area contributed by atoms with Crippen LogP contribution in [0.15, 0.2) is 12.1 Å². The zero-order valence-corrected chi connectivity index (χ0v) is 9.00. The molecule has 1 aliphatic rings. The molecule has 15 heavy (non-hydrogen) atoms. The summed E-state index contributed by atoms with van der Waals surface area (Å²) in [4.78, 5) is 4.58. The predicted octanol–water partition coefficient (Wildman–Crippen LogP) is 1.75. The van der Waals surface area contributed by atoms with Gasteiger partial charge in [-0.2, -0.15) is 0 Å². The molecule has 0 unspecified atom stereocenters. The van der Waals surface area contributed by atoms with Crippen molar-refractivity contribution in [3.63, 3.8) is 0 Å². The molecule has 2 rings (SSSR count). The van der Waals surface area contributed by atoms with Crippen molar-refractivity contribution < 1.29 is 5.11 Å². The summed E-state index contributed by atoms with van der Waals surface area (Å²) >= 11 is 0. The molecule has 0 amide bonds. The molecule has 1 aromatic heterocycles. The highest BCUT2D eigenvalue weighted by atomic mass is 16.2. The maximum absolute atomic E-state index is 8.65. The minimum absolute atomic E-state index is 0.277. The molecule has 82 valence electrons. The van der Waals surface area contributed by atoms with Crippen molar-refractivity contribution >= 4 is 5.82 Å². The number of nitrogens with one attached hydrogen (secondary N) is 1. The Morgan fingerprint density at radius 3 is 3.07 bits per heavy atom. The Balaban J connectivity index is 1.87. The first-order chi connectivity index (χ1) is 7.40. The number of fused-ring (bicyclic) bond motifs is 1. The third-order valence-electron chi connectivity index (χ3n) is 2.82. The largest absolute Gasteiger partial charge is 0.396 e. The summed E-state index contributed by atoms with van der Waals surface area (Å²) < 4.78 is 0. The van der Waals surface area contributed by atoms with E-state index in [4.69, 9.17) is 5.11 Å². The molecule has 0 spiro atoms. The number of rotatable bonds is 5. The van der Waals surface area contributed by atoms with Crippen LogP contribution in [0.2, 0.25) is 0 Å². The number of unbranched alkanes of at least 4 members (excludes halogenated alkanes) is 1. The molecular weight excluding hydrogens is 188 g/mol. The van der Waals surface area contributed by atoms with E-state index < -0.39 is 0 Å². The lowest BCUT2D eigenvalue weighted by Crippen LogP contribution is -2.05. The van der Waals surface area contributed by atoms with Gasteiger partial charge in [0.1, 0.15) is 5.82 Å². The zero-order valence-electron chi connectivity index (χ0n) is 9.00. The number of nitrogens with zero attached hydrogens (tertiary/aromatic N) is 1. The number of hydrogen-bond acceptors (Lipinski definition) is 3. The summed E-state index contributed by atoms with van der Waals surface area (Å²) in [5.74, 6) is 0.980. The SMILES string of the molecule is OCCCCNc1ccc2c(n1)CCC2. The molecule has 0 fully saturated rings. The molecule has 0 radical (unpaired) electrons. The van der Waals surface area contributed by atoms with E-state index in [1.807, 2.05) is 0 Å². The van der Waals surface area contributed by atoms with Crippen LogP contribution in [0.1, 0.15) is 30.5 Å². The number of aryl methyl sites for hydroxylation is 2. The lowest BCUT2D eigenvalue weighted by atomic mass is 10.2. The molecule has 0 atom stereocenters. The Hall–Kier alpha value is -1.09. The third kappa shape index (κ3) is 2.69. The zero-order chi connectivity index (χ0) is 10.5. The van der Waals surface area contributed by atoms with Gasteiger partial charge in [-0.3, -0.25) is 0 Å². The van der Waals surface area contributed by atoms with Crippen molar-refractivity contribution in [1.29, 1.82) is 0 Å². The van der Waals surface area contributed by atoms with E-state index in [0.29, 0.717) is 0 Å². The van der Waals surface area contributed by atoms with Gasteiger partial charge in [0.2, 0.25) is 0 Å². The van der Waals surface area contributed by atoms with Crippen LogP contribution in [0, 0.1) is 0 Å². The van der Waals surface area contributed by atoms with Crippen LogP contribution in [0.5, 0.6) is 0 Å². The summed E-state index contributed by atoms with van der Waals surface area (Å²) in [6.45, 7) is 1.17. The third-order valence-corrected chi connectivity index (χ3v) is 2.82. The van der Waals surface area contributed by atoms with Gasteiger partial charge >= 0.3 is 0 Å². The highest BCUT2D eigenvalue weighted by Crippen LogP contribution is 2.21. The second-order valence-electron chi connectivity index (χ2n) is 4.01. The summed E-state index contributed by atoms with van der Waals surface area (Å²) in [7, 11) is 0. The fraction of sp³-hybridized carbons (Fsp3) is 0.583. The summed E-state index contributed by atoms with van der Waals surface area (Å²) in [5, 5.41) is 11.9. The van der Waals surface area contributed by atoms with E-state index in [1.54, 1.807) is 0 Å². The van der Waals surface area contributed by atoms with Gasteiger partial charge in [-0.1, -0.05) is 6.07 Å². The van der Waals surface area contributed by atoms with Crippen molar-refractivity contribution in [2.75, 3.05) is 18.5 Å². The van der Waals surface area contributed by atoms with Crippen LogP contribution in [0.4, 0.5) is 5.82 Å². The lowest BCUT2D eigenvalue weighted by Gasteiger charge is -2.06. The lowest BCUT2D eigenvalue weighted by molar-refractivity contribution is 0.286. The van der Waals surface area contributed by atoms with Crippen molar-refractivity contribution in [3.8, 4) is 0 Å². The second kappa shape index (κ2) is 5.12. The first-order valence-electron chi connectivity index (χ1n) is 5.73. The van der Waals surface area contributed by atoms with Gasteiger partial charge in [-0.15, -0.1) is 0 Å². The van der Waals surface area contributed by atoms with E-state index in [0.717, 1.165) is 31.6 Å². The molecule has 1 aromatic rings. The van der Waals surface area contributed by atoms with Crippen molar-refractivity contribution in [1.82, 2.24) is 4.98 Å². The van der Waals surface area contributed by atoms with Crippen molar-refractivity contribution in [2.24, 2.45) is 0 Å². The average molecular weight is 206 g/mol. The number of hydrogen-bond donors (Lipinski definition) is 2. The predicted molar refractivity (Wildman–Crippen MR) is 61.1 cm³/mol. The molecule has 0 saturated heterocycles. The summed E-state index contributed by atoms with van der Waals surface area (Å²) in [6.07, 6.45) is 5.41. The molecule has 0 saturated carbocycles. The van der Waals surface area contributed by atoms with Crippen LogP contribution in [-0.4, -0.2) is 23.2 Å². The Labute approximate surface area is 90.5 Å². The van der Waals surface area contributed by atoms with Gasteiger partial charge < -0.3 is 10.4 Å². The first-order valence-corrected chi connectivity index (χ1v) is 5.73. The van der Waals surface area contributed by atoms with E-state index in [9.17, 15) is 0 Å². The maximum Gasteiger partial charge on any atom is 0.126 e. The van der Waals surface area contributed by atoms with Crippen molar-refractivity contribution in [2.45, 2.75) is 32.1 Å². The normalized spacial score (nSPS) is 13.9. The maximum atomic E-state index is 8.65. The fourth-order valence-corrected chi connectivity index (χ4v) is 1.97. The molecule has 0 aromatic carbocycles. The minimum atomic E-state index is 0.277. The summed E-state index contributed by atoms with van der Waals surface area (Å²) in [5.41, 5.74) is 2.68.